The van der Waals surface area contributed by atoms with Crippen molar-refractivity contribution in [1.29, 1.82) is 0 Å². The zero-order chi connectivity index (χ0) is 17.8. The van der Waals surface area contributed by atoms with Gasteiger partial charge in [0.15, 0.2) is 0 Å². The molecule has 7 heteroatoms. The summed E-state index contributed by atoms with van der Waals surface area (Å²) >= 11 is 1.66. The van der Waals surface area contributed by atoms with Crippen LogP contribution in [0, 0.1) is 19.8 Å². The Kier molecular flexibility index (Phi) is 5.35. The van der Waals surface area contributed by atoms with Gasteiger partial charge in [-0.1, -0.05) is 6.07 Å². The lowest BCUT2D eigenvalue weighted by Gasteiger charge is -2.16. The van der Waals surface area contributed by atoms with E-state index >= 15 is 0 Å². The number of anilines is 1. The highest BCUT2D eigenvalue weighted by Crippen LogP contribution is 2.26. The summed E-state index contributed by atoms with van der Waals surface area (Å²) in [5, 5.41) is 17.3. The van der Waals surface area contributed by atoms with Crippen LogP contribution >= 0.6 is 11.3 Å². The number of aryl methyl sites for hydroxylation is 1. The van der Waals surface area contributed by atoms with Gasteiger partial charge in [0.2, 0.25) is 0 Å². The molecular formula is C18H22N4O2S. The second kappa shape index (κ2) is 7.67. The van der Waals surface area contributed by atoms with Crippen LogP contribution in [-0.4, -0.2) is 34.3 Å². The molecule has 1 aromatic carbocycles. The van der Waals surface area contributed by atoms with Gasteiger partial charge in [0.1, 0.15) is 0 Å². The summed E-state index contributed by atoms with van der Waals surface area (Å²) in [6, 6.07) is 5.65. The number of thiophene rings is 1. The number of urea groups is 1. The summed E-state index contributed by atoms with van der Waals surface area (Å²) in [7, 11) is 0. The first kappa shape index (κ1) is 17.4. The van der Waals surface area contributed by atoms with Crippen molar-refractivity contribution in [3.8, 4) is 0 Å². The van der Waals surface area contributed by atoms with Crippen LogP contribution in [0.1, 0.15) is 16.0 Å². The van der Waals surface area contributed by atoms with E-state index in [1.165, 1.54) is 4.88 Å². The van der Waals surface area contributed by atoms with E-state index in [0.717, 1.165) is 34.3 Å². The topological polar surface area (TPSA) is 90.0 Å². The standard InChI is InChI=1S/C18H22N4O2S/c1-11-12(2)17-16(20-10-21-17)7-15(11)22-18(24)19-8-13(9-23)6-14-4-3-5-25-14/h3-5,7,10,13,23H,6,8-9H2,1-2H3,(H,20,21)(H2,19,22,24)/t13-/m1/s1. The maximum Gasteiger partial charge on any atom is 0.319 e. The second-order valence-electron chi connectivity index (χ2n) is 6.14. The summed E-state index contributed by atoms with van der Waals surface area (Å²) in [5.41, 5.74) is 4.60. The van der Waals surface area contributed by atoms with Crippen molar-refractivity contribution in [2.24, 2.45) is 5.92 Å². The summed E-state index contributed by atoms with van der Waals surface area (Å²) in [4.78, 5) is 20.8. The van der Waals surface area contributed by atoms with Crippen LogP contribution in [0.5, 0.6) is 0 Å². The van der Waals surface area contributed by atoms with Crippen LogP contribution in [0.25, 0.3) is 11.0 Å². The predicted octanol–water partition coefficient (Wildman–Crippen LogP) is 3.21. The molecule has 2 aromatic heterocycles. The summed E-state index contributed by atoms with van der Waals surface area (Å²) in [6.45, 7) is 4.41. The number of aromatic nitrogens is 2. The number of nitrogens with zero attached hydrogens (tertiary/aromatic N) is 1. The smallest absolute Gasteiger partial charge is 0.319 e. The number of carbonyl (C=O) groups excluding carboxylic acids is 1. The molecule has 3 rings (SSSR count). The highest BCUT2D eigenvalue weighted by molar-refractivity contribution is 7.09. The fourth-order valence-electron chi connectivity index (χ4n) is 2.79. The van der Waals surface area contributed by atoms with E-state index in [4.69, 9.17) is 0 Å². The zero-order valence-corrected chi connectivity index (χ0v) is 15.1. The second-order valence-corrected chi connectivity index (χ2v) is 7.17. The van der Waals surface area contributed by atoms with Crippen LogP contribution in [0.3, 0.4) is 0 Å². The van der Waals surface area contributed by atoms with Crippen LogP contribution in [-0.2, 0) is 6.42 Å². The highest BCUT2D eigenvalue weighted by atomic mass is 32.1. The number of aliphatic hydroxyl groups is 1. The van der Waals surface area contributed by atoms with Crippen molar-refractivity contribution in [3.63, 3.8) is 0 Å². The average Bonchev–Trinajstić information content (AvgIpc) is 3.27. The van der Waals surface area contributed by atoms with Gasteiger partial charge < -0.3 is 20.7 Å². The van der Waals surface area contributed by atoms with Gasteiger partial charge in [0.05, 0.1) is 17.4 Å². The first-order chi connectivity index (χ1) is 12.1. The van der Waals surface area contributed by atoms with E-state index in [0.29, 0.717) is 6.54 Å². The number of H-pyrrole nitrogens is 1. The maximum absolute atomic E-state index is 12.2. The van der Waals surface area contributed by atoms with Gasteiger partial charge in [-0.3, -0.25) is 0 Å². The monoisotopic (exact) mass is 358 g/mol. The van der Waals surface area contributed by atoms with Gasteiger partial charge >= 0.3 is 6.03 Å². The number of rotatable bonds is 6. The first-order valence-electron chi connectivity index (χ1n) is 8.20. The molecule has 0 radical (unpaired) electrons. The number of nitrogens with one attached hydrogen (secondary N) is 3. The minimum Gasteiger partial charge on any atom is -0.396 e. The van der Waals surface area contributed by atoms with Crippen LogP contribution in [0.4, 0.5) is 10.5 Å². The van der Waals surface area contributed by atoms with E-state index < -0.39 is 0 Å². The fraction of sp³-hybridized carbons (Fsp3) is 0.333. The molecule has 0 saturated carbocycles. The SMILES string of the molecule is Cc1c(NC(=O)NC[C@H](CO)Cc2cccs2)cc2[nH]cnc2c1C. The third kappa shape index (κ3) is 4.00. The van der Waals surface area contributed by atoms with Gasteiger partial charge in [-0.05, 0) is 48.9 Å². The van der Waals surface area contributed by atoms with E-state index in [9.17, 15) is 9.90 Å². The van der Waals surface area contributed by atoms with Crippen molar-refractivity contribution < 1.29 is 9.90 Å². The van der Waals surface area contributed by atoms with E-state index in [-0.39, 0.29) is 18.6 Å². The molecule has 132 valence electrons. The molecule has 0 saturated heterocycles. The third-order valence-corrected chi connectivity index (χ3v) is 5.31. The largest absolute Gasteiger partial charge is 0.396 e. The molecule has 2 amide bonds. The first-order valence-corrected chi connectivity index (χ1v) is 9.07. The number of fused-ring (bicyclic) bond motifs is 1. The summed E-state index contributed by atoms with van der Waals surface area (Å²) in [6.07, 6.45) is 2.41. The third-order valence-electron chi connectivity index (χ3n) is 4.41. The van der Waals surface area contributed by atoms with Crippen molar-refractivity contribution in [2.75, 3.05) is 18.5 Å². The van der Waals surface area contributed by atoms with Crippen molar-refractivity contribution in [1.82, 2.24) is 15.3 Å². The van der Waals surface area contributed by atoms with Crippen LogP contribution in [0.2, 0.25) is 0 Å². The normalized spacial score (nSPS) is 12.3. The lowest BCUT2D eigenvalue weighted by molar-refractivity contribution is 0.218. The van der Waals surface area contributed by atoms with E-state index in [1.54, 1.807) is 17.7 Å². The lowest BCUT2D eigenvalue weighted by atomic mass is 10.1. The minimum absolute atomic E-state index is 0.00215. The quantitative estimate of drug-likeness (QED) is 0.545. The highest BCUT2D eigenvalue weighted by Gasteiger charge is 2.14. The van der Waals surface area contributed by atoms with Gasteiger partial charge in [-0.25, -0.2) is 9.78 Å². The van der Waals surface area contributed by atoms with Gasteiger partial charge in [-0.2, -0.15) is 0 Å². The number of aromatic amines is 1. The minimum atomic E-state index is -0.272. The Morgan fingerprint density at radius 2 is 2.24 bits per heavy atom. The number of benzene rings is 1. The molecule has 25 heavy (non-hydrogen) atoms. The number of hydrogen-bond acceptors (Lipinski definition) is 4. The molecule has 2 heterocycles. The Morgan fingerprint density at radius 1 is 1.40 bits per heavy atom. The maximum atomic E-state index is 12.2. The van der Waals surface area contributed by atoms with E-state index in [1.807, 2.05) is 37.4 Å². The van der Waals surface area contributed by atoms with Gasteiger partial charge in [0, 0.05) is 29.6 Å². The number of aliphatic hydroxyl groups excluding tert-OH is 1. The molecule has 0 fully saturated rings. The predicted molar refractivity (Wildman–Crippen MR) is 101 cm³/mol. The van der Waals surface area contributed by atoms with Crippen LogP contribution < -0.4 is 10.6 Å². The molecule has 0 bridgehead atoms. The molecule has 3 aromatic rings. The van der Waals surface area contributed by atoms with Crippen molar-refractivity contribution in [3.05, 3.63) is 45.9 Å². The number of imidazole rings is 1. The Balaban J connectivity index is 1.61. The average molecular weight is 358 g/mol. The zero-order valence-electron chi connectivity index (χ0n) is 14.3. The fourth-order valence-corrected chi connectivity index (χ4v) is 3.61. The van der Waals surface area contributed by atoms with Gasteiger partial charge in [0.25, 0.3) is 0 Å². The Labute approximate surface area is 150 Å². The van der Waals surface area contributed by atoms with Crippen molar-refractivity contribution in [2.45, 2.75) is 20.3 Å². The molecule has 0 aliphatic rings. The number of amides is 2. The molecule has 4 N–H and O–H groups in total. The molecule has 0 aliphatic heterocycles. The molecule has 0 spiro atoms. The summed E-state index contributed by atoms with van der Waals surface area (Å²) < 4.78 is 0. The molecule has 6 nitrogen and oxygen atoms in total. The summed E-state index contributed by atoms with van der Waals surface area (Å²) in [5.74, 6) is 0.00215. The molecule has 0 unspecified atom stereocenters. The van der Waals surface area contributed by atoms with E-state index in [2.05, 4.69) is 20.6 Å². The number of carbonyl (C=O) groups is 1. The Morgan fingerprint density at radius 3 is 2.96 bits per heavy atom. The van der Waals surface area contributed by atoms with Gasteiger partial charge in [-0.15, -0.1) is 11.3 Å². The molecule has 0 aliphatic carbocycles. The molecule has 1 atom stereocenters. The Bertz CT molecular complexity index is 857. The Hall–Kier alpha value is -2.38. The molecular weight excluding hydrogens is 336 g/mol. The number of hydrogen-bond donors (Lipinski definition) is 4. The van der Waals surface area contributed by atoms with Crippen molar-refractivity contribution >= 4 is 34.1 Å². The lowest BCUT2D eigenvalue weighted by Crippen LogP contribution is -2.35. The van der Waals surface area contributed by atoms with Crippen LogP contribution in [0.15, 0.2) is 29.9 Å².